The summed E-state index contributed by atoms with van der Waals surface area (Å²) < 4.78 is 13.8. The molecule has 0 aliphatic carbocycles. The third kappa shape index (κ3) is 4.37. The molecule has 0 aliphatic heterocycles. The van der Waals surface area contributed by atoms with E-state index in [-0.39, 0.29) is 0 Å². The molecule has 0 aliphatic rings. The van der Waals surface area contributed by atoms with E-state index in [4.69, 9.17) is 14.5 Å². The Morgan fingerprint density at radius 1 is 0.674 bits per heavy atom. The van der Waals surface area contributed by atoms with E-state index in [0.29, 0.717) is 12.1 Å². The normalized spacial score (nSPS) is 12.2. The van der Waals surface area contributed by atoms with Gasteiger partial charge >= 0.3 is 0 Å². The predicted molar refractivity (Wildman–Crippen MR) is 183 cm³/mol. The smallest absolute Gasteiger partial charge is 0.135 e. The first kappa shape index (κ1) is 25.5. The van der Waals surface area contributed by atoms with Gasteiger partial charge in [0, 0.05) is 56.1 Å². The lowest BCUT2D eigenvalue weighted by Crippen LogP contribution is -2.14. The van der Waals surface area contributed by atoms with Crippen LogP contribution in [0.5, 0.6) is 0 Å². The molecule has 0 amide bonds. The van der Waals surface area contributed by atoms with E-state index in [9.17, 15) is 0 Å². The molecule has 4 nitrogen and oxygen atoms in total. The van der Waals surface area contributed by atoms with Crippen molar-refractivity contribution < 1.29 is 4.42 Å². The summed E-state index contributed by atoms with van der Waals surface area (Å²) in [4.78, 5) is 0.964. The molecule has 2 N–H and O–H groups in total. The summed E-state index contributed by atoms with van der Waals surface area (Å²) in [5.41, 5.74) is 12.7. The molecule has 0 bridgehead atoms. The van der Waals surface area contributed by atoms with Gasteiger partial charge in [-0.2, -0.15) is 4.40 Å². The summed E-state index contributed by atoms with van der Waals surface area (Å²) in [6, 6.07) is 44.3. The lowest BCUT2D eigenvalue weighted by molar-refractivity contribution is 0.668. The van der Waals surface area contributed by atoms with E-state index in [0.717, 1.165) is 54.8 Å². The average Bonchev–Trinajstić information content (AvgIpc) is 3.57. The molecule has 2 aromatic heterocycles. The third-order valence-electron chi connectivity index (χ3n) is 8.09. The number of nitrogens with zero attached hydrogens (tertiary/aromatic N) is 2. The highest BCUT2D eigenvalue weighted by molar-refractivity contribution is 7.98. The van der Waals surface area contributed by atoms with Gasteiger partial charge in [-0.05, 0) is 52.7 Å². The zero-order chi connectivity index (χ0) is 28.9. The van der Waals surface area contributed by atoms with Crippen LogP contribution in [0.4, 0.5) is 0 Å². The highest BCUT2D eigenvalue weighted by atomic mass is 32.2. The van der Waals surface area contributed by atoms with E-state index in [1.807, 2.05) is 42.5 Å². The largest absolute Gasteiger partial charge is 0.456 e. The van der Waals surface area contributed by atoms with E-state index < -0.39 is 0 Å². The Morgan fingerprint density at radius 3 is 2.23 bits per heavy atom. The standard InChI is InChI=1S/C38H27N3OS/c1-24(39)28-12-6-9-17-37(28)43-40-38(21-25-18-19-31-30-14-5-8-16-35(30)42-36(31)20-25)41-33-15-7-4-13-29(33)32-22-26-10-2-3-11-27(26)23-34(32)41/h2-20,22-23H,1,21,39H2/b40-38+. The summed E-state index contributed by atoms with van der Waals surface area (Å²) in [5.74, 6) is 0.916. The number of aromatic nitrogens is 1. The van der Waals surface area contributed by atoms with Gasteiger partial charge in [0.05, 0.1) is 11.0 Å². The molecule has 5 heteroatoms. The fourth-order valence-corrected chi connectivity index (χ4v) is 6.85. The van der Waals surface area contributed by atoms with Crippen LogP contribution < -0.4 is 5.73 Å². The molecule has 0 saturated carbocycles. The number of hydrogen-bond donors (Lipinski definition) is 1. The Balaban J connectivity index is 1.34. The van der Waals surface area contributed by atoms with E-state index >= 15 is 0 Å². The number of para-hydroxylation sites is 2. The summed E-state index contributed by atoms with van der Waals surface area (Å²) in [7, 11) is 0. The first-order valence-corrected chi connectivity index (χ1v) is 15.0. The minimum atomic E-state index is 0.526. The number of nitrogens with two attached hydrogens (primary N) is 1. The topological polar surface area (TPSA) is 56.4 Å². The molecule has 0 saturated heterocycles. The van der Waals surface area contributed by atoms with Crippen molar-refractivity contribution >= 4 is 78.0 Å². The van der Waals surface area contributed by atoms with Gasteiger partial charge in [-0.1, -0.05) is 97.6 Å². The summed E-state index contributed by atoms with van der Waals surface area (Å²) in [6.07, 6.45) is 0.603. The summed E-state index contributed by atoms with van der Waals surface area (Å²) in [5, 5.41) is 7.06. The van der Waals surface area contributed by atoms with Crippen LogP contribution in [0.15, 0.2) is 148 Å². The van der Waals surface area contributed by atoms with Gasteiger partial charge in [0.2, 0.25) is 0 Å². The molecule has 2 heterocycles. The van der Waals surface area contributed by atoms with E-state index in [1.165, 1.54) is 33.5 Å². The molecule has 6 aromatic carbocycles. The van der Waals surface area contributed by atoms with Crippen LogP contribution in [0.3, 0.4) is 0 Å². The SMILES string of the molecule is C=C(N)c1ccccc1S/N=C(\Cc1ccc2c(c1)oc1ccccc12)n1c2ccccc2c2cc3ccccc3cc21. The van der Waals surface area contributed by atoms with Gasteiger partial charge in [-0.3, -0.25) is 4.57 Å². The Hall–Kier alpha value is -5.26. The monoisotopic (exact) mass is 573 g/mol. The second kappa shape index (κ2) is 10.2. The highest BCUT2D eigenvalue weighted by Gasteiger charge is 2.18. The molecule has 0 radical (unpaired) electrons. The molecule has 0 spiro atoms. The zero-order valence-corrected chi connectivity index (χ0v) is 24.1. The molecular formula is C38H27N3OS. The Kier molecular flexibility index (Phi) is 6.05. The van der Waals surface area contributed by atoms with Gasteiger partial charge in [-0.15, -0.1) is 0 Å². The number of hydrogen-bond acceptors (Lipinski definition) is 4. The molecule has 0 unspecified atom stereocenters. The van der Waals surface area contributed by atoms with Crippen LogP contribution in [-0.4, -0.2) is 10.4 Å². The van der Waals surface area contributed by atoms with Gasteiger partial charge in [0.1, 0.15) is 17.0 Å². The quantitative estimate of drug-likeness (QED) is 0.127. The van der Waals surface area contributed by atoms with Crippen molar-refractivity contribution in [3.05, 3.63) is 145 Å². The fourth-order valence-electron chi connectivity index (χ4n) is 6.06. The van der Waals surface area contributed by atoms with Gasteiger partial charge in [0.25, 0.3) is 0 Å². The van der Waals surface area contributed by atoms with Crippen LogP contribution in [0, 0.1) is 0 Å². The van der Waals surface area contributed by atoms with Crippen LogP contribution in [-0.2, 0) is 6.42 Å². The lowest BCUT2D eigenvalue weighted by Gasteiger charge is -2.13. The number of fused-ring (bicyclic) bond motifs is 7. The van der Waals surface area contributed by atoms with Crippen LogP contribution in [0.2, 0.25) is 0 Å². The molecule has 43 heavy (non-hydrogen) atoms. The Bertz CT molecular complexity index is 2390. The van der Waals surface area contributed by atoms with Gasteiger partial charge in [-0.25, -0.2) is 0 Å². The van der Waals surface area contributed by atoms with Crippen LogP contribution in [0.1, 0.15) is 11.1 Å². The number of furan rings is 1. The molecular weight excluding hydrogens is 547 g/mol. The minimum Gasteiger partial charge on any atom is -0.456 e. The van der Waals surface area contributed by atoms with Crippen molar-refractivity contribution in [1.82, 2.24) is 4.57 Å². The van der Waals surface area contributed by atoms with Crippen LogP contribution >= 0.6 is 11.9 Å². The number of rotatable bonds is 5. The highest BCUT2D eigenvalue weighted by Crippen LogP contribution is 2.35. The summed E-state index contributed by atoms with van der Waals surface area (Å²) >= 11 is 1.43. The predicted octanol–water partition coefficient (Wildman–Crippen LogP) is 9.97. The lowest BCUT2D eigenvalue weighted by atomic mass is 10.1. The Labute approximate surface area is 252 Å². The van der Waals surface area contributed by atoms with Crippen molar-refractivity contribution in [2.45, 2.75) is 11.3 Å². The van der Waals surface area contributed by atoms with Crippen molar-refractivity contribution in [3.8, 4) is 0 Å². The molecule has 0 fully saturated rings. The van der Waals surface area contributed by atoms with E-state index in [1.54, 1.807) is 0 Å². The number of benzene rings is 6. The second-order valence-electron chi connectivity index (χ2n) is 10.8. The maximum Gasteiger partial charge on any atom is 0.135 e. The fraction of sp³-hybridized carbons (Fsp3) is 0.0263. The van der Waals surface area contributed by atoms with Crippen LogP contribution in [0.25, 0.3) is 60.2 Å². The van der Waals surface area contributed by atoms with Crippen molar-refractivity contribution in [2.24, 2.45) is 10.1 Å². The van der Waals surface area contributed by atoms with Crippen molar-refractivity contribution in [3.63, 3.8) is 0 Å². The summed E-state index contributed by atoms with van der Waals surface area (Å²) in [6.45, 7) is 3.99. The first-order valence-electron chi connectivity index (χ1n) is 14.2. The van der Waals surface area contributed by atoms with Crippen molar-refractivity contribution in [2.75, 3.05) is 0 Å². The third-order valence-corrected chi connectivity index (χ3v) is 8.94. The maximum atomic E-state index is 6.25. The molecule has 206 valence electrons. The zero-order valence-electron chi connectivity index (χ0n) is 23.3. The average molecular weight is 574 g/mol. The molecule has 8 rings (SSSR count). The minimum absolute atomic E-state index is 0.526. The van der Waals surface area contributed by atoms with Gasteiger partial charge in [0.15, 0.2) is 0 Å². The van der Waals surface area contributed by atoms with E-state index in [2.05, 4.69) is 96.1 Å². The second-order valence-corrected chi connectivity index (χ2v) is 11.6. The van der Waals surface area contributed by atoms with Gasteiger partial charge < -0.3 is 10.2 Å². The molecule has 8 aromatic rings. The maximum absolute atomic E-state index is 6.25. The molecule has 0 atom stereocenters. The Morgan fingerprint density at radius 2 is 1.37 bits per heavy atom. The van der Waals surface area contributed by atoms with Crippen molar-refractivity contribution in [1.29, 1.82) is 0 Å². The first-order chi connectivity index (χ1) is 21.1.